The van der Waals surface area contributed by atoms with Gasteiger partial charge in [0, 0.05) is 0 Å². The first kappa shape index (κ1) is 26.1. The molecule has 2 aliphatic rings. The molecule has 4 nitrogen and oxygen atoms in total. The number of hydrogen-bond donors (Lipinski definition) is 2. The van der Waals surface area contributed by atoms with Crippen LogP contribution in [0.2, 0.25) is 0 Å². The monoisotopic (exact) mass is 426 g/mol. The summed E-state index contributed by atoms with van der Waals surface area (Å²) < 4.78 is 0. The minimum Gasteiger partial charge on any atom is -0.251 e. The van der Waals surface area contributed by atoms with Crippen molar-refractivity contribution in [2.45, 2.75) is 118 Å². The summed E-state index contributed by atoms with van der Waals surface area (Å²) in [6.07, 6.45) is 8.48. The molecular weight excluding hydrogens is 376 g/mol. The lowest BCUT2D eigenvalue weighted by atomic mass is 9.60. The Labute approximate surface area is 186 Å². The van der Waals surface area contributed by atoms with Gasteiger partial charge in [-0.3, -0.25) is 10.5 Å². The van der Waals surface area contributed by atoms with Gasteiger partial charge in [0.2, 0.25) is 0 Å². The molecule has 0 aliphatic heterocycles. The molecule has 0 radical (unpaired) electrons. The third kappa shape index (κ3) is 5.79. The molecule has 8 unspecified atom stereocenters. The number of hydrogen-bond acceptors (Lipinski definition) is 4. The Balaban J connectivity index is 2.22. The van der Waals surface area contributed by atoms with E-state index in [0.29, 0.717) is 60.2 Å². The molecule has 0 heterocycles. The Bertz CT molecular complexity index is 475. The van der Waals surface area contributed by atoms with Crippen LogP contribution in [0.1, 0.15) is 107 Å². The molecule has 2 saturated carbocycles. The van der Waals surface area contributed by atoms with E-state index in [1.165, 1.54) is 25.7 Å². The van der Waals surface area contributed by atoms with Crippen molar-refractivity contribution in [3.63, 3.8) is 0 Å². The van der Waals surface area contributed by atoms with E-state index in [2.05, 4.69) is 55.4 Å². The zero-order valence-electron chi connectivity index (χ0n) is 21.0. The van der Waals surface area contributed by atoms with Crippen LogP contribution in [0.15, 0.2) is 0 Å². The van der Waals surface area contributed by atoms with E-state index in [1.807, 2.05) is 0 Å². The predicted molar refractivity (Wildman–Crippen MR) is 123 cm³/mol. The normalized spacial score (nSPS) is 37.2. The average Bonchev–Trinajstić information content (AvgIpc) is 2.71. The van der Waals surface area contributed by atoms with Crippen molar-refractivity contribution in [1.29, 1.82) is 0 Å². The summed E-state index contributed by atoms with van der Waals surface area (Å²) in [5, 5.41) is 20.2. The highest BCUT2D eigenvalue weighted by molar-refractivity contribution is 4.97. The fourth-order valence-corrected chi connectivity index (χ4v) is 6.90. The number of rotatable bonds is 9. The van der Waals surface area contributed by atoms with Gasteiger partial charge in [0.1, 0.15) is 11.2 Å². The van der Waals surface area contributed by atoms with E-state index in [4.69, 9.17) is 9.78 Å². The van der Waals surface area contributed by atoms with Crippen molar-refractivity contribution < 1.29 is 20.3 Å². The summed E-state index contributed by atoms with van der Waals surface area (Å²) in [5.41, 5.74) is -1.23. The first-order valence-corrected chi connectivity index (χ1v) is 12.6. The van der Waals surface area contributed by atoms with Gasteiger partial charge in [-0.1, -0.05) is 54.4 Å². The Hall–Kier alpha value is -0.160. The molecule has 0 aromatic heterocycles. The first-order valence-electron chi connectivity index (χ1n) is 12.6. The van der Waals surface area contributed by atoms with Gasteiger partial charge >= 0.3 is 0 Å². The first-order chi connectivity index (χ1) is 14.0. The minimum atomic E-state index is -0.614. The maximum atomic E-state index is 10.1. The molecule has 0 aromatic carbocycles. The van der Waals surface area contributed by atoms with Crippen LogP contribution in [0.3, 0.4) is 0 Å². The van der Waals surface area contributed by atoms with Crippen LogP contribution in [0.25, 0.3) is 0 Å². The molecule has 2 fully saturated rings. The average molecular weight is 427 g/mol. The van der Waals surface area contributed by atoms with Crippen LogP contribution >= 0.6 is 0 Å². The summed E-state index contributed by atoms with van der Waals surface area (Å²) in [5.74, 6) is 4.20. The summed E-state index contributed by atoms with van der Waals surface area (Å²) in [6, 6.07) is 0. The molecule has 2 N–H and O–H groups in total. The fraction of sp³-hybridized carbons (Fsp3) is 1.00. The lowest BCUT2D eigenvalue weighted by Crippen LogP contribution is -2.50. The van der Waals surface area contributed by atoms with Gasteiger partial charge in [-0.2, -0.15) is 0 Å². The summed E-state index contributed by atoms with van der Waals surface area (Å²) in [7, 11) is 0. The van der Waals surface area contributed by atoms with Crippen LogP contribution < -0.4 is 0 Å². The SMILES string of the molecule is CC1CCC(C(C)C)C(C(C)(CCC(C)(OO)C2CC(C)CCC2C(C)C)OO)C1. The molecule has 178 valence electrons. The molecule has 0 aromatic rings. The fourth-order valence-electron chi connectivity index (χ4n) is 6.90. The van der Waals surface area contributed by atoms with E-state index < -0.39 is 11.2 Å². The summed E-state index contributed by atoms with van der Waals surface area (Å²) in [6.45, 7) is 18.0. The third-order valence-electron chi connectivity index (χ3n) is 9.15. The molecular formula is C26H50O4. The summed E-state index contributed by atoms with van der Waals surface area (Å²) >= 11 is 0. The lowest BCUT2D eigenvalue weighted by molar-refractivity contribution is -0.361. The van der Waals surface area contributed by atoms with Gasteiger partial charge in [-0.25, -0.2) is 9.78 Å². The highest BCUT2D eigenvalue weighted by atomic mass is 17.1. The second-order valence-corrected chi connectivity index (χ2v) is 12.2. The molecule has 0 bridgehead atoms. The molecule has 0 spiro atoms. The Morgan fingerprint density at radius 3 is 1.30 bits per heavy atom. The van der Waals surface area contributed by atoms with Crippen LogP contribution in [0.4, 0.5) is 0 Å². The molecule has 4 heteroatoms. The van der Waals surface area contributed by atoms with Crippen molar-refractivity contribution in [3.8, 4) is 0 Å². The van der Waals surface area contributed by atoms with Crippen LogP contribution in [-0.4, -0.2) is 21.7 Å². The van der Waals surface area contributed by atoms with Crippen molar-refractivity contribution in [2.75, 3.05) is 0 Å². The van der Waals surface area contributed by atoms with E-state index in [0.717, 1.165) is 12.8 Å². The van der Waals surface area contributed by atoms with E-state index in [9.17, 15) is 10.5 Å². The molecule has 8 atom stereocenters. The zero-order valence-corrected chi connectivity index (χ0v) is 21.0. The van der Waals surface area contributed by atoms with Gasteiger partial charge in [-0.15, -0.1) is 0 Å². The van der Waals surface area contributed by atoms with Gasteiger partial charge in [0.25, 0.3) is 0 Å². The topological polar surface area (TPSA) is 58.9 Å². The van der Waals surface area contributed by atoms with Crippen molar-refractivity contribution in [2.24, 2.45) is 47.3 Å². The predicted octanol–water partition coefficient (Wildman–Crippen LogP) is 7.68. The molecule has 0 amide bonds. The van der Waals surface area contributed by atoms with Gasteiger partial charge < -0.3 is 0 Å². The second kappa shape index (κ2) is 10.6. The lowest BCUT2D eigenvalue weighted by Gasteiger charge is -2.49. The van der Waals surface area contributed by atoms with Gasteiger partial charge in [0.15, 0.2) is 0 Å². The summed E-state index contributed by atoms with van der Waals surface area (Å²) in [4.78, 5) is 10.6. The van der Waals surface area contributed by atoms with E-state index in [1.54, 1.807) is 0 Å². The van der Waals surface area contributed by atoms with Crippen molar-refractivity contribution >= 4 is 0 Å². The standard InChI is InChI=1S/C26H50O4/c1-17(2)21-11-9-19(5)15-23(21)25(7,29-27)13-14-26(8,30-28)24-16-20(6)10-12-22(24)18(3)4/h17-24,27-28H,9-16H2,1-8H3. The smallest absolute Gasteiger partial charge is 0.104 e. The van der Waals surface area contributed by atoms with Crippen LogP contribution in [0, 0.1) is 47.3 Å². The van der Waals surface area contributed by atoms with Gasteiger partial charge in [-0.05, 0) is 99.7 Å². The highest BCUT2D eigenvalue weighted by Gasteiger charge is 2.49. The molecule has 2 rings (SSSR count). The Kier molecular flexibility index (Phi) is 9.25. The molecule has 2 aliphatic carbocycles. The minimum absolute atomic E-state index is 0.320. The van der Waals surface area contributed by atoms with Crippen molar-refractivity contribution in [1.82, 2.24) is 0 Å². The quantitative estimate of drug-likeness (QED) is 0.293. The third-order valence-corrected chi connectivity index (χ3v) is 9.15. The maximum absolute atomic E-state index is 10.1. The van der Waals surface area contributed by atoms with E-state index in [-0.39, 0.29) is 0 Å². The van der Waals surface area contributed by atoms with Crippen LogP contribution in [0.5, 0.6) is 0 Å². The Morgan fingerprint density at radius 2 is 1.03 bits per heavy atom. The zero-order chi connectivity index (χ0) is 22.7. The second-order valence-electron chi connectivity index (χ2n) is 12.2. The largest absolute Gasteiger partial charge is 0.251 e. The molecule has 0 saturated heterocycles. The maximum Gasteiger partial charge on any atom is 0.104 e. The van der Waals surface area contributed by atoms with Crippen LogP contribution in [-0.2, 0) is 9.78 Å². The van der Waals surface area contributed by atoms with Crippen molar-refractivity contribution in [3.05, 3.63) is 0 Å². The highest BCUT2D eigenvalue weighted by Crippen LogP contribution is 2.50. The Morgan fingerprint density at radius 1 is 0.700 bits per heavy atom. The van der Waals surface area contributed by atoms with E-state index >= 15 is 0 Å². The van der Waals surface area contributed by atoms with Gasteiger partial charge in [0.05, 0.1) is 0 Å². The molecule has 30 heavy (non-hydrogen) atoms.